The van der Waals surface area contributed by atoms with Gasteiger partial charge in [0.15, 0.2) is 0 Å². The molecule has 0 bridgehead atoms. The predicted octanol–water partition coefficient (Wildman–Crippen LogP) is 2.57. The second-order valence-electron chi connectivity index (χ2n) is 4.73. The smallest absolute Gasteiger partial charge is 0.0328 e. The summed E-state index contributed by atoms with van der Waals surface area (Å²) in [5.41, 5.74) is 0. The minimum Gasteiger partial charge on any atom is -0.312 e. The van der Waals surface area contributed by atoms with E-state index in [9.17, 15) is 0 Å². The molecule has 1 saturated heterocycles. The van der Waals surface area contributed by atoms with Crippen molar-refractivity contribution in [1.82, 2.24) is 10.2 Å². The number of hydrogen-bond donors (Lipinski definition) is 1. The highest BCUT2D eigenvalue weighted by atomic mass is 32.1. The van der Waals surface area contributed by atoms with Crippen LogP contribution in [-0.4, -0.2) is 30.6 Å². The van der Waals surface area contributed by atoms with Gasteiger partial charge in [0.2, 0.25) is 0 Å². The van der Waals surface area contributed by atoms with Crippen LogP contribution in [0, 0.1) is 5.92 Å². The third kappa shape index (κ3) is 3.06. The van der Waals surface area contributed by atoms with Gasteiger partial charge in [-0.3, -0.25) is 4.90 Å². The highest BCUT2D eigenvalue weighted by Crippen LogP contribution is 2.17. The molecule has 1 aromatic heterocycles. The maximum absolute atomic E-state index is 3.61. The molecule has 1 aromatic rings. The Morgan fingerprint density at radius 1 is 1.56 bits per heavy atom. The van der Waals surface area contributed by atoms with Gasteiger partial charge in [0, 0.05) is 24.0 Å². The van der Waals surface area contributed by atoms with E-state index in [1.165, 1.54) is 24.4 Å². The third-order valence-electron chi connectivity index (χ3n) is 3.55. The van der Waals surface area contributed by atoms with Crippen LogP contribution in [0.25, 0.3) is 0 Å². The highest BCUT2D eigenvalue weighted by molar-refractivity contribution is 7.09. The van der Waals surface area contributed by atoms with Crippen molar-refractivity contribution in [3.63, 3.8) is 0 Å². The van der Waals surface area contributed by atoms with Crippen molar-refractivity contribution < 1.29 is 0 Å². The molecule has 0 saturated carbocycles. The molecule has 0 aliphatic carbocycles. The minimum absolute atomic E-state index is 0.694. The van der Waals surface area contributed by atoms with E-state index in [0.717, 1.165) is 19.0 Å². The molecule has 2 atom stereocenters. The molecule has 3 heteroatoms. The summed E-state index contributed by atoms with van der Waals surface area (Å²) < 4.78 is 0. The van der Waals surface area contributed by atoms with E-state index < -0.39 is 0 Å². The summed E-state index contributed by atoms with van der Waals surface area (Å²) in [6.45, 7) is 9.26. The fraction of sp³-hybridized carbons (Fsp3) is 0.692. The summed E-state index contributed by atoms with van der Waals surface area (Å²) in [5.74, 6) is 0.831. The second-order valence-corrected chi connectivity index (χ2v) is 5.77. The number of thiophene rings is 1. The van der Waals surface area contributed by atoms with Crippen molar-refractivity contribution in [2.45, 2.75) is 32.9 Å². The first-order valence-corrected chi connectivity index (χ1v) is 7.15. The molecule has 2 rings (SSSR count). The van der Waals surface area contributed by atoms with Crippen LogP contribution in [0.1, 0.15) is 25.1 Å². The molecule has 2 unspecified atom stereocenters. The fourth-order valence-electron chi connectivity index (χ4n) is 2.35. The molecule has 90 valence electrons. The van der Waals surface area contributed by atoms with E-state index in [2.05, 4.69) is 41.6 Å². The molecule has 2 nitrogen and oxygen atoms in total. The Labute approximate surface area is 103 Å². The monoisotopic (exact) mass is 238 g/mol. The maximum atomic E-state index is 3.61. The predicted molar refractivity (Wildman–Crippen MR) is 70.8 cm³/mol. The zero-order valence-electron chi connectivity index (χ0n) is 10.3. The number of likely N-dealkylation sites (N-methyl/N-ethyl adjacent to an activating group) is 1. The lowest BCUT2D eigenvalue weighted by molar-refractivity contribution is 0.238. The van der Waals surface area contributed by atoms with Crippen molar-refractivity contribution in [1.29, 1.82) is 0 Å². The SMILES string of the molecule is CCN(Cc1cccs1)CC1NCCC1C. The van der Waals surface area contributed by atoms with Crippen LogP contribution in [0.5, 0.6) is 0 Å². The topological polar surface area (TPSA) is 15.3 Å². The molecular formula is C13H22N2S. The van der Waals surface area contributed by atoms with Crippen LogP contribution in [0.15, 0.2) is 17.5 Å². The lowest BCUT2D eigenvalue weighted by atomic mass is 10.0. The molecular weight excluding hydrogens is 216 g/mol. The van der Waals surface area contributed by atoms with Crippen LogP contribution in [0.3, 0.4) is 0 Å². The Morgan fingerprint density at radius 2 is 2.44 bits per heavy atom. The third-order valence-corrected chi connectivity index (χ3v) is 4.42. The molecule has 0 radical (unpaired) electrons. The minimum atomic E-state index is 0.694. The van der Waals surface area contributed by atoms with Crippen molar-refractivity contribution in [2.75, 3.05) is 19.6 Å². The van der Waals surface area contributed by atoms with Gasteiger partial charge in [0.05, 0.1) is 0 Å². The lowest BCUT2D eigenvalue weighted by Gasteiger charge is -2.25. The first kappa shape index (κ1) is 12.1. The highest BCUT2D eigenvalue weighted by Gasteiger charge is 2.24. The molecule has 1 fully saturated rings. The summed E-state index contributed by atoms with van der Waals surface area (Å²) in [7, 11) is 0. The van der Waals surface area contributed by atoms with Gasteiger partial charge in [-0.05, 0) is 36.9 Å². The standard InChI is InChI=1S/C13H22N2S/c1-3-15(9-12-5-4-8-16-12)10-13-11(2)6-7-14-13/h4-5,8,11,13-14H,3,6-7,9-10H2,1-2H3. The Hall–Kier alpha value is -0.380. The normalized spacial score (nSPS) is 25.4. The molecule has 1 aliphatic rings. The molecule has 0 aromatic carbocycles. The molecule has 16 heavy (non-hydrogen) atoms. The maximum Gasteiger partial charge on any atom is 0.0328 e. The van der Waals surface area contributed by atoms with Crippen molar-refractivity contribution in [3.05, 3.63) is 22.4 Å². The van der Waals surface area contributed by atoms with Crippen molar-refractivity contribution in [2.24, 2.45) is 5.92 Å². The Morgan fingerprint density at radius 3 is 3.00 bits per heavy atom. The average Bonchev–Trinajstić information content (AvgIpc) is 2.90. The van der Waals surface area contributed by atoms with E-state index in [1.807, 2.05) is 11.3 Å². The molecule has 2 heterocycles. The van der Waals surface area contributed by atoms with Gasteiger partial charge in [0.25, 0.3) is 0 Å². The van der Waals surface area contributed by atoms with Crippen LogP contribution in [0.2, 0.25) is 0 Å². The average molecular weight is 238 g/mol. The first-order chi connectivity index (χ1) is 7.79. The second kappa shape index (κ2) is 5.80. The zero-order valence-corrected chi connectivity index (χ0v) is 11.1. The summed E-state index contributed by atoms with van der Waals surface area (Å²) >= 11 is 1.86. The van der Waals surface area contributed by atoms with E-state index in [4.69, 9.17) is 0 Å². The van der Waals surface area contributed by atoms with Crippen molar-refractivity contribution >= 4 is 11.3 Å². The summed E-state index contributed by atoms with van der Waals surface area (Å²) in [6.07, 6.45) is 1.33. The lowest BCUT2D eigenvalue weighted by Crippen LogP contribution is -2.39. The Bertz CT molecular complexity index is 297. The van der Waals surface area contributed by atoms with Gasteiger partial charge in [-0.2, -0.15) is 0 Å². The Kier molecular flexibility index (Phi) is 4.38. The van der Waals surface area contributed by atoms with Gasteiger partial charge in [-0.25, -0.2) is 0 Å². The van der Waals surface area contributed by atoms with E-state index in [1.54, 1.807) is 0 Å². The van der Waals surface area contributed by atoms with Gasteiger partial charge in [-0.15, -0.1) is 11.3 Å². The van der Waals surface area contributed by atoms with Gasteiger partial charge < -0.3 is 5.32 Å². The Balaban J connectivity index is 1.85. The zero-order chi connectivity index (χ0) is 11.4. The number of nitrogens with zero attached hydrogens (tertiary/aromatic N) is 1. The molecule has 0 spiro atoms. The summed E-state index contributed by atoms with van der Waals surface area (Å²) in [6, 6.07) is 5.07. The molecule has 1 N–H and O–H groups in total. The first-order valence-electron chi connectivity index (χ1n) is 6.27. The number of nitrogens with one attached hydrogen (secondary N) is 1. The number of hydrogen-bond acceptors (Lipinski definition) is 3. The number of rotatable bonds is 5. The van der Waals surface area contributed by atoms with Gasteiger partial charge in [0.1, 0.15) is 0 Å². The molecule has 0 amide bonds. The van der Waals surface area contributed by atoms with E-state index in [0.29, 0.717) is 6.04 Å². The largest absolute Gasteiger partial charge is 0.312 e. The van der Waals surface area contributed by atoms with Crippen LogP contribution in [-0.2, 0) is 6.54 Å². The fourth-order valence-corrected chi connectivity index (χ4v) is 3.10. The van der Waals surface area contributed by atoms with Gasteiger partial charge in [-0.1, -0.05) is 19.9 Å². The van der Waals surface area contributed by atoms with Crippen LogP contribution < -0.4 is 5.32 Å². The summed E-state index contributed by atoms with van der Waals surface area (Å²) in [5, 5.41) is 5.78. The quantitative estimate of drug-likeness (QED) is 0.848. The van der Waals surface area contributed by atoms with Crippen LogP contribution >= 0.6 is 11.3 Å². The molecule has 1 aliphatic heterocycles. The van der Waals surface area contributed by atoms with Crippen molar-refractivity contribution in [3.8, 4) is 0 Å². The van der Waals surface area contributed by atoms with Crippen LogP contribution in [0.4, 0.5) is 0 Å². The van der Waals surface area contributed by atoms with E-state index >= 15 is 0 Å². The van der Waals surface area contributed by atoms with E-state index in [-0.39, 0.29) is 0 Å². The van der Waals surface area contributed by atoms with Gasteiger partial charge >= 0.3 is 0 Å². The summed E-state index contributed by atoms with van der Waals surface area (Å²) in [4.78, 5) is 4.03.